The maximum absolute atomic E-state index is 5.09. The van der Waals surface area contributed by atoms with Crippen molar-refractivity contribution >= 4 is 0 Å². The fourth-order valence-electron chi connectivity index (χ4n) is 30.1. The van der Waals surface area contributed by atoms with Gasteiger partial charge in [-0.2, -0.15) is 0 Å². The lowest BCUT2D eigenvalue weighted by Crippen LogP contribution is -2.68. The van der Waals surface area contributed by atoms with Gasteiger partial charge in [-0.05, 0) is 286 Å². The number of hydrogen-bond acceptors (Lipinski definition) is 15. The average molecular weight is 1250 g/mol. The van der Waals surface area contributed by atoms with E-state index in [1.54, 1.807) is 0 Å². The largest absolute Gasteiger partial charge is 0.300 e. The van der Waals surface area contributed by atoms with E-state index >= 15 is 0 Å². The second-order valence-electron chi connectivity index (χ2n) is 36.3. The molecule has 20 fully saturated rings. The van der Waals surface area contributed by atoms with E-state index in [4.69, 9.17) is 42.5 Å². The van der Waals surface area contributed by atoms with Gasteiger partial charge in [-0.1, -0.05) is 57.8 Å². The summed E-state index contributed by atoms with van der Waals surface area (Å²) in [5.41, 5.74) is 0. The van der Waals surface area contributed by atoms with Crippen molar-refractivity contribution in [2.75, 3.05) is 91.6 Å². The van der Waals surface area contributed by atoms with E-state index < -0.39 is 0 Å². The van der Waals surface area contributed by atoms with Crippen LogP contribution in [0.3, 0.4) is 0 Å². The van der Waals surface area contributed by atoms with Crippen molar-refractivity contribution in [3.8, 4) is 0 Å². The van der Waals surface area contributed by atoms with E-state index in [9.17, 15) is 0 Å². The van der Waals surface area contributed by atoms with Crippen molar-refractivity contribution in [1.29, 1.82) is 0 Å². The van der Waals surface area contributed by atoms with E-state index in [1.165, 1.54) is 291 Å². The predicted molar refractivity (Wildman–Crippen MR) is 362 cm³/mol. The summed E-state index contributed by atoms with van der Waals surface area (Å²) in [6.45, 7) is 18.5. The van der Waals surface area contributed by atoms with E-state index in [-0.39, 0.29) is 43.2 Å². The van der Waals surface area contributed by atoms with Gasteiger partial charge in [0.2, 0.25) is 0 Å². The number of hydrogen-bond donors (Lipinski definition) is 8. The Balaban J connectivity index is 0.778. The quantitative estimate of drug-likeness (QED) is 0.131. The van der Waals surface area contributed by atoms with Crippen LogP contribution in [-0.4, -0.2) is 218 Å². The van der Waals surface area contributed by atoms with Crippen LogP contribution in [0.5, 0.6) is 0 Å². The second-order valence-corrected chi connectivity index (χ2v) is 36.3. The predicted octanol–water partition coefficient (Wildman–Crippen LogP) is 7.23. The average Bonchev–Trinajstić information content (AvgIpc) is 1.61. The van der Waals surface area contributed by atoms with Crippen LogP contribution < -0.4 is 42.5 Å². The number of fused-ring (bicyclic) bond motifs is 24. The standard InChI is InChI=1S/C76H129N15/c1-2-24-47-46(23-1)45-54-55(62(47)85-31-9-10-32-85)70-77-69(54)78-71-56-57(64(87-35-13-14-36-87)49-26-4-3-25-48(49)63(56)86-33-11-12-34-86)73(80-71)82-75-60-61(68(91-43-21-22-44-91)53-30-8-7-29-52(53)67(60)90-41-19-20-42-90)76(84-75)83-74-59-58(72(79-70)81-74)65(88-37-15-16-38-88)50-27-5-6-28-51(50)66(59)89-39-17-18-40-89/h46-84H,1-45H2. The Labute approximate surface area is 551 Å². The summed E-state index contributed by atoms with van der Waals surface area (Å²) < 4.78 is 0. The van der Waals surface area contributed by atoms with E-state index in [2.05, 4.69) is 34.3 Å². The third kappa shape index (κ3) is 10.1. The van der Waals surface area contributed by atoms with Gasteiger partial charge in [-0.3, -0.25) is 76.8 Å². The van der Waals surface area contributed by atoms with E-state index in [1.807, 2.05) is 0 Å². The Kier molecular flexibility index (Phi) is 16.7. The summed E-state index contributed by atoms with van der Waals surface area (Å²) in [7, 11) is 0. The molecule has 0 aromatic heterocycles. The molecule has 12 heterocycles. The van der Waals surface area contributed by atoms with Crippen LogP contribution in [0.1, 0.15) is 199 Å². The van der Waals surface area contributed by atoms with E-state index in [0.29, 0.717) is 95.8 Å². The molecule has 8 N–H and O–H groups in total. The Bertz CT molecular complexity index is 2460. The Morgan fingerprint density at radius 3 is 0.593 bits per heavy atom. The normalized spacial score (nSPS) is 54.9. The fraction of sp³-hybridized carbons (Fsp3) is 1.00. The highest BCUT2D eigenvalue weighted by atomic mass is 15.5. The topological polar surface area (TPSA) is 119 Å². The summed E-state index contributed by atoms with van der Waals surface area (Å²) in [6, 6.07) is 4.56. The fourth-order valence-corrected chi connectivity index (χ4v) is 30.1. The molecule has 8 aliphatic carbocycles. The van der Waals surface area contributed by atoms with Crippen molar-refractivity contribution in [2.45, 2.75) is 291 Å². The number of nitrogens with one attached hydrogen (secondary N) is 8. The number of likely N-dealkylation sites (tertiary alicyclic amines) is 7. The molecule has 8 saturated carbocycles. The second kappa shape index (κ2) is 25.2. The lowest BCUT2D eigenvalue weighted by Gasteiger charge is -2.59. The maximum atomic E-state index is 5.09. The lowest BCUT2D eigenvalue weighted by molar-refractivity contribution is -0.0915. The molecule has 20 aliphatic rings. The molecule has 0 spiro atoms. The molecular formula is C76H129N15. The summed E-state index contributed by atoms with van der Waals surface area (Å²) >= 11 is 0. The molecule has 31 unspecified atom stereocenters. The molecule has 0 radical (unpaired) electrons. The molecule has 91 heavy (non-hydrogen) atoms. The highest BCUT2D eigenvalue weighted by molar-refractivity contribution is 5.23. The summed E-state index contributed by atoms with van der Waals surface area (Å²) in [5, 5.41) is 40.0. The zero-order valence-corrected chi connectivity index (χ0v) is 56.8. The van der Waals surface area contributed by atoms with Crippen LogP contribution in [0.4, 0.5) is 0 Å². The van der Waals surface area contributed by atoms with Gasteiger partial charge in [0, 0.05) is 83.7 Å². The minimum absolute atomic E-state index is 0.255. The van der Waals surface area contributed by atoms with Gasteiger partial charge in [-0.15, -0.1) is 0 Å². The van der Waals surface area contributed by atoms with Gasteiger partial charge in [-0.25, -0.2) is 0 Å². The summed E-state index contributed by atoms with van der Waals surface area (Å²) in [5.74, 6) is 11.1. The molecule has 0 amide bonds. The van der Waals surface area contributed by atoms with Crippen molar-refractivity contribution in [3.05, 3.63) is 0 Å². The van der Waals surface area contributed by atoms with E-state index in [0.717, 1.165) is 47.3 Å². The van der Waals surface area contributed by atoms with Gasteiger partial charge in [0.25, 0.3) is 0 Å². The highest BCUT2D eigenvalue weighted by Crippen LogP contribution is 2.60. The van der Waals surface area contributed by atoms with Crippen molar-refractivity contribution in [3.63, 3.8) is 0 Å². The maximum Gasteiger partial charge on any atom is 0.0644 e. The molecule has 15 nitrogen and oxygen atoms in total. The summed E-state index contributed by atoms with van der Waals surface area (Å²) in [4.78, 5) is 22.3. The van der Waals surface area contributed by atoms with Crippen LogP contribution >= 0.6 is 0 Å². The van der Waals surface area contributed by atoms with Crippen LogP contribution in [0.2, 0.25) is 0 Å². The first-order valence-electron chi connectivity index (χ1n) is 41.4. The van der Waals surface area contributed by atoms with Crippen molar-refractivity contribution < 1.29 is 0 Å². The highest BCUT2D eigenvalue weighted by Gasteiger charge is 2.69. The Morgan fingerprint density at radius 2 is 0.352 bits per heavy atom. The molecule has 0 aromatic rings. The molecule has 15 heteroatoms. The zero-order valence-electron chi connectivity index (χ0n) is 56.8. The van der Waals surface area contributed by atoms with Gasteiger partial charge in [0.15, 0.2) is 0 Å². The van der Waals surface area contributed by atoms with Crippen LogP contribution in [0, 0.1) is 94.7 Å². The van der Waals surface area contributed by atoms with Gasteiger partial charge < -0.3 is 0 Å². The monoisotopic (exact) mass is 1250 g/mol. The van der Waals surface area contributed by atoms with Crippen LogP contribution in [0.15, 0.2) is 0 Å². The molecule has 508 valence electrons. The molecule has 20 rings (SSSR count). The first kappa shape index (κ1) is 60.4. The van der Waals surface area contributed by atoms with Crippen molar-refractivity contribution in [1.82, 2.24) is 76.8 Å². The van der Waals surface area contributed by atoms with Gasteiger partial charge in [0.1, 0.15) is 0 Å². The molecular weight excluding hydrogens is 1120 g/mol. The molecule has 12 saturated heterocycles. The molecule has 12 aliphatic heterocycles. The zero-order chi connectivity index (χ0) is 59.4. The number of rotatable bonds is 7. The third-order valence-electron chi connectivity index (χ3n) is 32.8. The molecule has 31 atom stereocenters. The minimum Gasteiger partial charge on any atom is -0.300 e. The van der Waals surface area contributed by atoms with Crippen LogP contribution in [-0.2, 0) is 0 Å². The minimum atomic E-state index is 0.255. The van der Waals surface area contributed by atoms with Crippen LogP contribution in [0.25, 0.3) is 0 Å². The van der Waals surface area contributed by atoms with Crippen molar-refractivity contribution in [2.24, 2.45) is 94.7 Å². The number of nitrogens with zero attached hydrogens (tertiary/aromatic N) is 7. The SMILES string of the molecule is C1CCC2C(C1)CC1C3NC(NC4NC(NC5NC(NC6NC(N3)C3C6C(N6CCCC6)C6CCCCC6C3N3CCCC3)C3C5C(N5CCCC5)C5CCCCC5C3N3CCCC3)C3C4C(N4CCCC4)C4CCCCC4C3N3CCCC3)C1C2N1CCCC1. The smallest absolute Gasteiger partial charge is 0.0644 e. The first-order valence-corrected chi connectivity index (χ1v) is 41.4. The molecule has 0 aromatic carbocycles. The Hall–Kier alpha value is -0.600. The first-order chi connectivity index (χ1) is 45.2. The lowest BCUT2D eigenvalue weighted by atomic mass is 9.56. The van der Waals surface area contributed by atoms with Gasteiger partial charge in [0.05, 0.1) is 49.3 Å². The van der Waals surface area contributed by atoms with Gasteiger partial charge >= 0.3 is 0 Å². The summed E-state index contributed by atoms with van der Waals surface area (Å²) in [6.07, 6.45) is 46.4. The third-order valence-corrected chi connectivity index (χ3v) is 32.8. The molecule has 8 bridgehead atoms. The Morgan fingerprint density at radius 1 is 0.165 bits per heavy atom.